The standard InChI is InChI=1S/C12H22N2O4/c1-11(2,3)7-9(15)17-14(13)18-10(16)8-12(4,5)6/h7-8H2,1-6H3. The SMILES string of the molecule is CC(C)(C)CC(=O)O[N+](=[N-])OC(=O)CC(C)(C)C. The summed E-state index contributed by atoms with van der Waals surface area (Å²) in [5, 5.41) is -0.178. The lowest BCUT2D eigenvalue weighted by molar-refractivity contribution is -0.945. The maximum Gasteiger partial charge on any atom is 0.385 e. The molecule has 0 rings (SSSR count). The summed E-state index contributed by atoms with van der Waals surface area (Å²) in [6, 6.07) is 0. The molecule has 0 atom stereocenters. The van der Waals surface area contributed by atoms with E-state index in [2.05, 4.69) is 9.68 Å². The predicted molar refractivity (Wildman–Crippen MR) is 63.9 cm³/mol. The van der Waals surface area contributed by atoms with Crippen molar-refractivity contribution in [2.75, 3.05) is 0 Å². The first kappa shape index (κ1) is 16.5. The highest BCUT2D eigenvalue weighted by Gasteiger charge is 2.24. The second-order valence-corrected chi connectivity index (χ2v) is 6.64. The van der Waals surface area contributed by atoms with Crippen molar-refractivity contribution in [3.8, 4) is 0 Å². The molecule has 0 aromatic heterocycles. The number of carbonyl (C=O) groups excluding carboxylic acids is 2. The van der Waals surface area contributed by atoms with Crippen LogP contribution in [0.25, 0.3) is 5.53 Å². The molecule has 0 saturated carbocycles. The molecule has 0 saturated heterocycles. The lowest BCUT2D eigenvalue weighted by Crippen LogP contribution is -2.24. The second-order valence-electron chi connectivity index (χ2n) is 6.64. The highest BCUT2D eigenvalue weighted by molar-refractivity contribution is 5.70. The molecule has 0 fully saturated rings. The summed E-state index contributed by atoms with van der Waals surface area (Å²) in [5.41, 5.74) is 8.59. The molecule has 0 heterocycles. The van der Waals surface area contributed by atoms with Crippen LogP contribution in [0.2, 0.25) is 0 Å². The summed E-state index contributed by atoms with van der Waals surface area (Å²) in [5.74, 6) is -1.35. The van der Waals surface area contributed by atoms with Crippen molar-refractivity contribution in [3.63, 3.8) is 0 Å². The number of carbonyl (C=O) groups is 2. The van der Waals surface area contributed by atoms with E-state index in [1.165, 1.54) is 0 Å². The van der Waals surface area contributed by atoms with Crippen LogP contribution >= 0.6 is 0 Å². The Kier molecular flexibility index (Phi) is 5.45. The zero-order valence-corrected chi connectivity index (χ0v) is 11.9. The van der Waals surface area contributed by atoms with Gasteiger partial charge in [-0.15, -0.1) is 0 Å². The van der Waals surface area contributed by atoms with Crippen molar-refractivity contribution < 1.29 is 24.3 Å². The van der Waals surface area contributed by atoms with Gasteiger partial charge in [0, 0.05) is 0 Å². The van der Waals surface area contributed by atoms with Crippen LogP contribution in [-0.4, -0.2) is 17.0 Å². The topological polar surface area (TPSA) is 77.9 Å². The molecule has 0 bridgehead atoms. The van der Waals surface area contributed by atoms with E-state index in [1.54, 1.807) is 0 Å². The molecule has 0 aromatic rings. The largest absolute Gasteiger partial charge is 0.390 e. The molecule has 0 amide bonds. The Balaban J connectivity index is 4.13. The van der Waals surface area contributed by atoms with Gasteiger partial charge < -0.3 is 5.53 Å². The summed E-state index contributed by atoms with van der Waals surface area (Å²) in [7, 11) is 0. The molecule has 0 aliphatic rings. The van der Waals surface area contributed by atoms with Crippen LogP contribution in [0, 0.1) is 10.8 Å². The van der Waals surface area contributed by atoms with Gasteiger partial charge in [0.1, 0.15) is 5.02 Å². The van der Waals surface area contributed by atoms with E-state index in [-0.39, 0.29) is 28.7 Å². The molecule has 0 aliphatic heterocycles. The van der Waals surface area contributed by atoms with Crippen molar-refractivity contribution in [2.45, 2.75) is 54.4 Å². The van der Waals surface area contributed by atoms with Crippen molar-refractivity contribution in [1.29, 1.82) is 0 Å². The van der Waals surface area contributed by atoms with Gasteiger partial charge in [-0.05, 0) is 10.8 Å². The molecule has 0 radical (unpaired) electrons. The Morgan fingerprint density at radius 2 is 1.17 bits per heavy atom. The Hall–Kier alpha value is -1.46. The van der Waals surface area contributed by atoms with E-state index < -0.39 is 11.9 Å². The fourth-order valence-electron chi connectivity index (χ4n) is 1.12. The summed E-state index contributed by atoms with van der Waals surface area (Å²) < 4.78 is 0. The van der Waals surface area contributed by atoms with Crippen molar-refractivity contribution in [1.82, 2.24) is 0 Å². The summed E-state index contributed by atoms with van der Waals surface area (Å²) in [6.45, 7) is 11.1. The van der Waals surface area contributed by atoms with Crippen molar-refractivity contribution in [2.24, 2.45) is 10.8 Å². The van der Waals surface area contributed by atoms with Crippen LogP contribution < -0.4 is 0 Å². The first-order chi connectivity index (χ1) is 7.89. The van der Waals surface area contributed by atoms with Crippen LogP contribution in [0.4, 0.5) is 0 Å². The molecule has 6 heteroatoms. The Morgan fingerprint density at radius 3 is 1.39 bits per heavy atom. The van der Waals surface area contributed by atoms with Gasteiger partial charge in [-0.3, -0.25) is 0 Å². The number of rotatable bonds is 4. The fraction of sp³-hybridized carbons (Fsp3) is 0.833. The molecule has 0 unspecified atom stereocenters. The van der Waals surface area contributed by atoms with E-state index >= 15 is 0 Å². The van der Waals surface area contributed by atoms with Crippen LogP contribution in [0.1, 0.15) is 54.4 Å². The second kappa shape index (κ2) is 5.93. The van der Waals surface area contributed by atoms with Gasteiger partial charge in [0.2, 0.25) is 0 Å². The van der Waals surface area contributed by atoms with E-state index in [9.17, 15) is 9.59 Å². The van der Waals surface area contributed by atoms with E-state index in [1.807, 2.05) is 41.5 Å². The predicted octanol–water partition coefficient (Wildman–Crippen LogP) is 2.81. The fourth-order valence-corrected chi connectivity index (χ4v) is 1.12. The number of hydrogen-bond acceptors (Lipinski definition) is 4. The summed E-state index contributed by atoms with van der Waals surface area (Å²) >= 11 is 0. The minimum absolute atomic E-state index is 0.0981. The monoisotopic (exact) mass is 258 g/mol. The summed E-state index contributed by atoms with van der Waals surface area (Å²) in [6.07, 6.45) is 0.196. The lowest BCUT2D eigenvalue weighted by Gasteiger charge is -2.15. The summed E-state index contributed by atoms with van der Waals surface area (Å²) in [4.78, 5) is 31.5. The zero-order valence-electron chi connectivity index (χ0n) is 11.9. The van der Waals surface area contributed by atoms with E-state index in [0.29, 0.717) is 0 Å². The number of hydrogen-bond donors (Lipinski definition) is 0. The molecule has 6 nitrogen and oxygen atoms in total. The third-order valence-corrected chi connectivity index (χ3v) is 1.71. The van der Waals surface area contributed by atoms with Gasteiger partial charge in [0.05, 0.1) is 12.8 Å². The van der Waals surface area contributed by atoms with Gasteiger partial charge in [0.15, 0.2) is 0 Å². The third-order valence-electron chi connectivity index (χ3n) is 1.71. The smallest absolute Gasteiger partial charge is 0.385 e. The van der Waals surface area contributed by atoms with Gasteiger partial charge in [0.25, 0.3) is 0 Å². The van der Waals surface area contributed by atoms with Gasteiger partial charge in [-0.2, -0.15) is 9.68 Å². The molecule has 0 aromatic carbocycles. The molecule has 0 N–H and O–H groups in total. The third kappa shape index (κ3) is 9.74. The zero-order chi connectivity index (χ0) is 14.6. The quantitative estimate of drug-likeness (QED) is 0.573. The highest BCUT2D eigenvalue weighted by atomic mass is 17.0. The molecule has 0 aliphatic carbocycles. The molecular formula is C12H22N2O4. The van der Waals surface area contributed by atoms with Crippen molar-refractivity contribution in [3.05, 3.63) is 5.53 Å². The molecule has 18 heavy (non-hydrogen) atoms. The first-order valence-electron chi connectivity index (χ1n) is 5.80. The maximum atomic E-state index is 11.3. The lowest BCUT2D eigenvalue weighted by atomic mass is 9.93. The Morgan fingerprint density at radius 1 is 0.889 bits per heavy atom. The minimum Gasteiger partial charge on any atom is -0.390 e. The Bertz CT molecular complexity index is 305. The average molecular weight is 258 g/mol. The van der Waals surface area contributed by atoms with Crippen LogP contribution in [0.15, 0.2) is 0 Å². The van der Waals surface area contributed by atoms with Crippen LogP contribution in [-0.2, 0) is 19.3 Å². The normalized spacial score (nSPS) is 11.9. The van der Waals surface area contributed by atoms with Gasteiger partial charge in [-0.25, -0.2) is 9.59 Å². The molecule has 0 spiro atoms. The van der Waals surface area contributed by atoms with Crippen LogP contribution in [0.5, 0.6) is 0 Å². The molecular weight excluding hydrogens is 236 g/mol. The maximum absolute atomic E-state index is 11.3. The Labute approximate surface area is 108 Å². The van der Waals surface area contributed by atoms with Crippen LogP contribution in [0.3, 0.4) is 0 Å². The van der Waals surface area contributed by atoms with E-state index in [0.717, 1.165) is 0 Å². The van der Waals surface area contributed by atoms with Crippen molar-refractivity contribution >= 4 is 11.9 Å². The first-order valence-corrected chi connectivity index (χ1v) is 5.80. The number of nitrogens with zero attached hydrogens (tertiary/aromatic N) is 2. The highest BCUT2D eigenvalue weighted by Crippen LogP contribution is 2.20. The average Bonchev–Trinajstić information content (AvgIpc) is 1.92. The molecule has 104 valence electrons. The van der Waals surface area contributed by atoms with E-state index in [4.69, 9.17) is 5.53 Å². The van der Waals surface area contributed by atoms with Gasteiger partial charge >= 0.3 is 11.9 Å². The minimum atomic E-state index is -0.673. The van der Waals surface area contributed by atoms with Gasteiger partial charge in [-0.1, -0.05) is 41.5 Å².